The number of carbonyl (C=O) groups is 4. The third-order valence-corrected chi connectivity index (χ3v) is 3.81. The van der Waals surface area contributed by atoms with Crippen LogP contribution in [0.2, 0.25) is 0 Å². The summed E-state index contributed by atoms with van der Waals surface area (Å²) in [4.78, 5) is 46.8. The van der Waals surface area contributed by atoms with E-state index in [1.165, 1.54) is 31.4 Å². The van der Waals surface area contributed by atoms with Crippen molar-refractivity contribution >= 4 is 35.1 Å². The van der Waals surface area contributed by atoms with Crippen LogP contribution in [-0.2, 0) is 23.9 Å². The SMILES string of the molecule is COC(=O)c1ccc(NC(=O)COC(=O)CCC(=O)Nc2cccc(C)c2)cc1. The standard InChI is InChI=1S/C21H22N2O6/c1-14-4-3-5-17(12-14)23-18(24)10-11-20(26)29-13-19(25)22-16-8-6-15(7-9-16)21(27)28-2/h3-9,12H,10-11,13H2,1-2H3,(H,22,25)(H,23,24). The molecule has 0 aliphatic heterocycles. The maximum Gasteiger partial charge on any atom is 0.337 e. The van der Waals surface area contributed by atoms with Gasteiger partial charge in [-0.05, 0) is 48.9 Å². The lowest BCUT2D eigenvalue weighted by Crippen LogP contribution is -2.21. The molecule has 0 bridgehead atoms. The molecule has 0 unspecified atom stereocenters. The highest BCUT2D eigenvalue weighted by molar-refractivity contribution is 5.95. The maximum atomic E-state index is 11.9. The Morgan fingerprint density at radius 2 is 1.55 bits per heavy atom. The molecule has 0 aromatic heterocycles. The number of anilines is 2. The average Bonchev–Trinajstić information content (AvgIpc) is 2.70. The van der Waals surface area contributed by atoms with Crippen LogP contribution in [0.3, 0.4) is 0 Å². The van der Waals surface area contributed by atoms with E-state index in [1.807, 2.05) is 25.1 Å². The van der Waals surface area contributed by atoms with Crippen LogP contribution in [0, 0.1) is 6.92 Å². The second-order valence-electron chi connectivity index (χ2n) is 6.20. The Morgan fingerprint density at radius 1 is 0.862 bits per heavy atom. The number of esters is 2. The van der Waals surface area contributed by atoms with Gasteiger partial charge in [0, 0.05) is 17.8 Å². The highest BCUT2D eigenvalue weighted by atomic mass is 16.5. The normalized spacial score (nSPS) is 10.0. The summed E-state index contributed by atoms with van der Waals surface area (Å²) in [5.74, 6) is -1.99. The van der Waals surface area contributed by atoms with Crippen molar-refractivity contribution in [2.24, 2.45) is 0 Å². The number of hydrogen-bond acceptors (Lipinski definition) is 6. The van der Waals surface area contributed by atoms with E-state index >= 15 is 0 Å². The summed E-state index contributed by atoms with van der Waals surface area (Å²) in [5, 5.41) is 5.23. The van der Waals surface area contributed by atoms with Crippen LogP contribution in [-0.4, -0.2) is 37.5 Å². The predicted molar refractivity (Wildman–Crippen MR) is 106 cm³/mol. The molecule has 8 heteroatoms. The monoisotopic (exact) mass is 398 g/mol. The van der Waals surface area contributed by atoms with Gasteiger partial charge in [-0.1, -0.05) is 12.1 Å². The zero-order valence-corrected chi connectivity index (χ0v) is 16.2. The highest BCUT2D eigenvalue weighted by Gasteiger charge is 2.11. The van der Waals surface area contributed by atoms with Crippen LogP contribution in [0.25, 0.3) is 0 Å². The summed E-state index contributed by atoms with van der Waals surface area (Å²) in [6.45, 7) is 1.43. The molecule has 0 heterocycles. The molecule has 2 amide bonds. The zero-order chi connectivity index (χ0) is 21.2. The first kappa shape index (κ1) is 21.6. The number of carbonyl (C=O) groups excluding carboxylic acids is 4. The van der Waals surface area contributed by atoms with Crippen molar-refractivity contribution in [3.05, 3.63) is 59.7 Å². The van der Waals surface area contributed by atoms with Crippen LogP contribution in [0.4, 0.5) is 11.4 Å². The van der Waals surface area contributed by atoms with Gasteiger partial charge < -0.3 is 20.1 Å². The molecule has 2 rings (SSSR count). The Kier molecular flexibility index (Phi) is 7.90. The smallest absolute Gasteiger partial charge is 0.337 e. The van der Waals surface area contributed by atoms with Crippen LogP contribution >= 0.6 is 0 Å². The van der Waals surface area contributed by atoms with E-state index in [4.69, 9.17) is 4.74 Å². The van der Waals surface area contributed by atoms with Crippen LogP contribution in [0.5, 0.6) is 0 Å². The van der Waals surface area contributed by atoms with Crippen molar-refractivity contribution in [1.82, 2.24) is 0 Å². The second-order valence-corrected chi connectivity index (χ2v) is 6.20. The van der Waals surface area contributed by atoms with Gasteiger partial charge in [0.05, 0.1) is 19.1 Å². The molecule has 0 radical (unpaired) electrons. The van der Waals surface area contributed by atoms with Gasteiger partial charge in [-0.25, -0.2) is 4.79 Å². The van der Waals surface area contributed by atoms with Gasteiger partial charge in [0.15, 0.2) is 6.61 Å². The first-order valence-corrected chi connectivity index (χ1v) is 8.88. The second kappa shape index (κ2) is 10.6. The molecule has 2 N–H and O–H groups in total. The molecule has 8 nitrogen and oxygen atoms in total. The first-order valence-electron chi connectivity index (χ1n) is 8.88. The minimum absolute atomic E-state index is 0.0522. The molecule has 0 atom stereocenters. The lowest BCUT2D eigenvalue weighted by atomic mass is 10.2. The van der Waals surface area contributed by atoms with Crippen molar-refractivity contribution in [2.45, 2.75) is 19.8 Å². The van der Waals surface area contributed by atoms with Crippen LogP contribution in [0.15, 0.2) is 48.5 Å². The van der Waals surface area contributed by atoms with Gasteiger partial charge in [0.2, 0.25) is 5.91 Å². The van der Waals surface area contributed by atoms with Crippen molar-refractivity contribution in [2.75, 3.05) is 24.4 Å². The lowest BCUT2D eigenvalue weighted by molar-refractivity contribution is -0.147. The van der Waals surface area contributed by atoms with E-state index in [2.05, 4.69) is 15.4 Å². The van der Waals surface area contributed by atoms with Gasteiger partial charge in [-0.3, -0.25) is 14.4 Å². The minimum atomic E-state index is -0.652. The Labute approximate surface area is 168 Å². The number of benzene rings is 2. The summed E-state index contributed by atoms with van der Waals surface area (Å²) in [5.41, 5.74) is 2.45. The molecule has 29 heavy (non-hydrogen) atoms. The number of amides is 2. The van der Waals surface area contributed by atoms with E-state index in [1.54, 1.807) is 6.07 Å². The van der Waals surface area contributed by atoms with E-state index < -0.39 is 24.5 Å². The zero-order valence-electron chi connectivity index (χ0n) is 16.2. The number of aryl methyl sites for hydroxylation is 1. The van der Waals surface area contributed by atoms with Gasteiger partial charge >= 0.3 is 11.9 Å². The molecular formula is C21H22N2O6. The molecule has 0 saturated heterocycles. The quantitative estimate of drug-likeness (QED) is 0.662. The van der Waals surface area contributed by atoms with Crippen molar-refractivity contribution in [3.63, 3.8) is 0 Å². The van der Waals surface area contributed by atoms with E-state index in [9.17, 15) is 19.2 Å². The number of methoxy groups -OCH3 is 1. The molecule has 0 aliphatic carbocycles. The average molecular weight is 398 g/mol. The Balaban J connectivity index is 1.69. The predicted octanol–water partition coefficient (Wildman–Crippen LogP) is 2.68. The fraction of sp³-hybridized carbons (Fsp3) is 0.238. The first-order chi connectivity index (χ1) is 13.9. The van der Waals surface area contributed by atoms with Gasteiger partial charge in [-0.15, -0.1) is 0 Å². The molecular weight excluding hydrogens is 376 g/mol. The Morgan fingerprint density at radius 3 is 2.21 bits per heavy atom. The van der Waals surface area contributed by atoms with Crippen LogP contribution < -0.4 is 10.6 Å². The number of rotatable bonds is 8. The molecule has 0 spiro atoms. The topological polar surface area (TPSA) is 111 Å². The molecule has 2 aromatic carbocycles. The maximum absolute atomic E-state index is 11.9. The molecule has 0 fully saturated rings. The fourth-order valence-corrected chi connectivity index (χ4v) is 2.38. The summed E-state index contributed by atoms with van der Waals surface area (Å²) in [6, 6.07) is 13.4. The summed E-state index contributed by atoms with van der Waals surface area (Å²) in [6.07, 6.45) is -0.192. The van der Waals surface area contributed by atoms with Gasteiger partial charge in [0.1, 0.15) is 0 Å². The molecule has 152 valence electrons. The molecule has 0 aliphatic rings. The Bertz CT molecular complexity index is 892. The summed E-state index contributed by atoms with van der Waals surface area (Å²) < 4.78 is 9.46. The number of hydrogen-bond donors (Lipinski definition) is 2. The van der Waals surface area contributed by atoms with E-state index in [-0.39, 0.29) is 18.7 Å². The summed E-state index contributed by atoms with van der Waals surface area (Å²) >= 11 is 0. The molecule has 2 aromatic rings. The van der Waals surface area contributed by atoms with Crippen molar-refractivity contribution < 1.29 is 28.7 Å². The van der Waals surface area contributed by atoms with E-state index in [0.29, 0.717) is 16.9 Å². The number of ether oxygens (including phenoxy) is 2. The third kappa shape index (κ3) is 7.45. The van der Waals surface area contributed by atoms with Crippen molar-refractivity contribution in [1.29, 1.82) is 0 Å². The fourth-order valence-electron chi connectivity index (χ4n) is 2.38. The lowest BCUT2D eigenvalue weighted by Gasteiger charge is -2.08. The third-order valence-electron chi connectivity index (χ3n) is 3.81. The Hall–Kier alpha value is -3.68. The van der Waals surface area contributed by atoms with Gasteiger partial charge in [0.25, 0.3) is 5.91 Å². The highest BCUT2D eigenvalue weighted by Crippen LogP contribution is 2.11. The largest absolute Gasteiger partial charge is 0.465 e. The van der Waals surface area contributed by atoms with Crippen molar-refractivity contribution in [3.8, 4) is 0 Å². The van der Waals surface area contributed by atoms with Gasteiger partial charge in [-0.2, -0.15) is 0 Å². The number of nitrogens with one attached hydrogen (secondary N) is 2. The van der Waals surface area contributed by atoms with E-state index in [0.717, 1.165) is 5.56 Å². The summed E-state index contributed by atoms with van der Waals surface area (Å²) in [7, 11) is 1.28. The molecule has 0 saturated carbocycles. The van der Waals surface area contributed by atoms with Crippen LogP contribution in [0.1, 0.15) is 28.8 Å². The minimum Gasteiger partial charge on any atom is -0.465 e.